The SMILES string of the molecule is COc1cc(C(=O)O)ccc1CCNC(=O)c1cccc(NC(=O)C2CC2)c1. The second-order valence-corrected chi connectivity index (χ2v) is 6.68. The van der Waals surface area contributed by atoms with Crippen LogP contribution >= 0.6 is 0 Å². The molecule has 7 heteroatoms. The number of carboxylic acids is 1. The molecule has 3 rings (SSSR count). The molecule has 7 nitrogen and oxygen atoms in total. The molecule has 1 saturated carbocycles. The third kappa shape index (κ3) is 4.88. The van der Waals surface area contributed by atoms with E-state index in [4.69, 9.17) is 9.84 Å². The summed E-state index contributed by atoms with van der Waals surface area (Å²) in [4.78, 5) is 35.3. The molecular formula is C21H22N2O5. The van der Waals surface area contributed by atoms with E-state index in [2.05, 4.69) is 10.6 Å². The topological polar surface area (TPSA) is 105 Å². The summed E-state index contributed by atoms with van der Waals surface area (Å²) in [7, 11) is 1.48. The fourth-order valence-corrected chi connectivity index (χ4v) is 2.82. The van der Waals surface area contributed by atoms with Crippen LogP contribution < -0.4 is 15.4 Å². The van der Waals surface area contributed by atoms with Gasteiger partial charge in [-0.25, -0.2) is 4.79 Å². The highest BCUT2D eigenvalue weighted by Gasteiger charge is 2.29. The molecule has 0 radical (unpaired) electrons. The van der Waals surface area contributed by atoms with Gasteiger partial charge < -0.3 is 20.5 Å². The lowest BCUT2D eigenvalue weighted by Crippen LogP contribution is -2.26. The van der Waals surface area contributed by atoms with E-state index in [1.165, 1.54) is 19.2 Å². The first-order chi connectivity index (χ1) is 13.5. The number of carboxylic acid groups (broad SMARTS) is 1. The van der Waals surface area contributed by atoms with Crippen LogP contribution in [0, 0.1) is 5.92 Å². The van der Waals surface area contributed by atoms with E-state index in [0.29, 0.717) is 30.0 Å². The number of hydrogen-bond donors (Lipinski definition) is 3. The summed E-state index contributed by atoms with van der Waals surface area (Å²) in [5.41, 5.74) is 2.02. The Kier molecular flexibility index (Phi) is 5.93. The highest BCUT2D eigenvalue weighted by atomic mass is 16.5. The van der Waals surface area contributed by atoms with Gasteiger partial charge in [-0.3, -0.25) is 9.59 Å². The van der Waals surface area contributed by atoms with Crippen molar-refractivity contribution in [1.29, 1.82) is 0 Å². The molecule has 0 unspecified atom stereocenters. The van der Waals surface area contributed by atoms with Gasteiger partial charge in [-0.05, 0) is 55.2 Å². The fraction of sp³-hybridized carbons (Fsp3) is 0.286. The molecule has 3 N–H and O–H groups in total. The molecule has 0 spiro atoms. The second-order valence-electron chi connectivity index (χ2n) is 6.68. The molecule has 2 amide bonds. The first-order valence-electron chi connectivity index (χ1n) is 9.07. The Morgan fingerprint density at radius 2 is 1.89 bits per heavy atom. The summed E-state index contributed by atoms with van der Waals surface area (Å²) < 4.78 is 5.24. The van der Waals surface area contributed by atoms with Crippen molar-refractivity contribution in [2.24, 2.45) is 5.92 Å². The molecule has 146 valence electrons. The zero-order valence-electron chi connectivity index (χ0n) is 15.5. The quantitative estimate of drug-likeness (QED) is 0.651. The van der Waals surface area contributed by atoms with Gasteiger partial charge in [0.15, 0.2) is 0 Å². The molecule has 1 fully saturated rings. The lowest BCUT2D eigenvalue weighted by Gasteiger charge is -2.11. The van der Waals surface area contributed by atoms with E-state index < -0.39 is 5.97 Å². The fourth-order valence-electron chi connectivity index (χ4n) is 2.82. The highest BCUT2D eigenvalue weighted by Crippen LogP contribution is 2.30. The van der Waals surface area contributed by atoms with Crippen LogP contribution in [0.25, 0.3) is 0 Å². The lowest BCUT2D eigenvalue weighted by atomic mass is 10.1. The number of aromatic carboxylic acids is 1. The van der Waals surface area contributed by atoms with Crippen molar-refractivity contribution in [3.8, 4) is 5.75 Å². The highest BCUT2D eigenvalue weighted by molar-refractivity contribution is 5.98. The molecule has 0 saturated heterocycles. The monoisotopic (exact) mass is 382 g/mol. The number of anilines is 1. The van der Waals surface area contributed by atoms with E-state index in [0.717, 1.165) is 18.4 Å². The van der Waals surface area contributed by atoms with E-state index in [9.17, 15) is 14.4 Å². The minimum Gasteiger partial charge on any atom is -0.496 e. The van der Waals surface area contributed by atoms with Crippen molar-refractivity contribution in [2.45, 2.75) is 19.3 Å². The van der Waals surface area contributed by atoms with Crippen molar-refractivity contribution in [3.63, 3.8) is 0 Å². The molecule has 2 aromatic carbocycles. The molecule has 1 aliphatic carbocycles. The van der Waals surface area contributed by atoms with Crippen molar-refractivity contribution in [2.75, 3.05) is 19.0 Å². The number of carbonyl (C=O) groups excluding carboxylic acids is 2. The van der Waals surface area contributed by atoms with Gasteiger partial charge in [0.2, 0.25) is 5.91 Å². The Bertz CT molecular complexity index is 905. The van der Waals surface area contributed by atoms with Crippen LogP contribution in [0.15, 0.2) is 42.5 Å². The van der Waals surface area contributed by atoms with E-state index in [1.54, 1.807) is 30.3 Å². The summed E-state index contributed by atoms with van der Waals surface area (Å²) in [6, 6.07) is 11.5. The van der Waals surface area contributed by atoms with Crippen molar-refractivity contribution >= 4 is 23.5 Å². The third-order valence-corrected chi connectivity index (χ3v) is 4.55. The van der Waals surface area contributed by atoms with Crippen molar-refractivity contribution in [1.82, 2.24) is 5.32 Å². The molecule has 28 heavy (non-hydrogen) atoms. The molecule has 0 aliphatic heterocycles. The molecule has 2 aromatic rings. The maximum atomic E-state index is 12.4. The van der Waals surface area contributed by atoms with Crippen molar-refractivity contribution < 1.29 is 24.2 Å². The van der Waals surface area contributed by atoms with Gasteiger partial charge in [-0.2, -0.15) is 0 Å². The Morgan fingerprint density at radius 3 is 2.57 bits per heavy atom. The van der Waals surface area contributed by atoms with Crippen LogP contribution in [0.1, 0.15) is 39.1 Å². The van der Waals surface area contributed by atoms with E-state index >= 15 is 0 Å². The number of benzene rings is 2. The summed E-state index contributed by atoms with van der Waals surface area (Å²) in [5, 5.41) is 14.7. The van der Waals surface area contributed by atoms with Crippen LogP contribution in [-0.2, 0) is 11.2 Å². The van der Waals surface area contributed by atoms with E-state index in [1.807, 2.05) is 0 Å². The smallest absolute Gasteiger partial charge is 0.335 e. The summed E-state index contributed by atoms with van der Waals surface area (Å²) in [6.45, 7) is 0.361. The minimum atomic E-state index is -1.02. The zero-order valence-corrected chi connectivity index (χ0v) is 15.5. The summed E-state index contributed by atoms with van der Waals surface area (Å²) in [6.07, 6.45) is 2.33. The zero-order chi connectivity index (χ0) is 20.1. The second kappa shape index (κ2) is 8.56. The number of nitrogens with one attached hydrogen (secondary N) is 2. The molecule has 0 bridgehead atoms. The first-order valence-corrected chi connectivity index (χ1v) is 9.07. The molecule has 0 atom stereocenters. The molecule has 0 heterocycles. The van der Waals surface area contributed by atoms with Gasteiger partial charge >= 0.3 is 5.97 Å². The van der Waals surface area contributed by atoms with Gasteiger partial charge in [0.1, 0.15) is 5.75 Å². The third-order valence-electron chi connectivity index (χ3n) is 4.55. The predicted molar refractivity (Wildman–Crippen MR) is 104 cm³/mol. The van der Waals surface area contributed by atoms with Crippen LogP contribution in [0.4, 0.5) is 5.69 Å². The van der Waals surface area contributed by atoms with Gasteiger partial charge in [-0.1, -0.05) is 12.1 Å². The van der Waals surface area contributed by atoms with Gasteiger partial charge in [0, 0.05) is 23.7 Å². The minimum absolute atomic E-state index is 0.00513. The Labute approximate surface area is 162 Å². The number of rotatable bonds is 8. The van der Waals surface area contributed by atoms with Crippen molar-refractivity contribution in [3.05, 3.63) is 59.2 Å². The summed E-state index contributed by atoms with van der Waals surface area (Å²) in [5.74, 6) is -0.705. The standard InChI is InChI=1S/C21H22N2O5/c1-28-18-12-16(21(26)27)8-5-13(18)9-10-22-19(24)15-3-2-4-17(11-15)23-20(25)14-6-7-14/h2-5,8,11-12,14H,6-7,9-10H2,1H3,(H,22,24)(H,23,25)(H,26,27). The Balaban J connectivity index is 1.57. The lowest BCUT2D eigenvalue weighted by molar-refractivity contribution is -0.117. The van der Waals surface area contributed by atoms with Crippen LogP contribution in [-0.4, -0.2) is 36.5 Å². The maximum absolute atomic E-state index is 12.4. The molecule has 1 aliphatic rings. The molecular weight excluding hydrogens is 360 g/mol. The van der Waals surface area contributed by atoms with Crippen LogP contribution in [0.5, 0.6) is 5.75 Å². The summed E-state index contributed by atoms with van der Waals surface area (Å²) >= 11 is 0. The van der Waals surface area contributed by atoms with Crippen LogP contribution in [0.2, 0.25) is 0 Å². The Morgan fingerprint density at radius 1 is 1.11 bits per heavy atom. The normalized spacial score (nSPS) is 12.9. The average Bonchev–Trinajstić information content (AvgIpc) is 3.53. The Hall–Kier alpha value is -3.35. The van der Waals surface area contributed by atoms with Gasteiger partial charge in [0.25, 0.3) is 5.91 Å². The number of amides is 2. The predicted octanol–water partition coefficient (Wildman–Crippen LogP) is 2.71. The van der Waals surface area contributed by atoms with Gasteiger partial charge in [0.05, 0.1) is 12.7 Å². The number of carbonyl (C=O) groups is 3. The maximum Gasteiger partial charge on any atom is 0.335 e. The average molecular weight is 382 g/mol. The van der Waals surface area contributed by atoms with Gasteiger partial charge in [-0.15, -0.1) is 0 Å². The number of ether oxygens (including phenoxy) is 1. The van der Waals surface area contributed by atoms with E-state index in [-0.39, 0.29) is 23.3 Å². The first kappa shape index (κ1) is 19.4. The molecule has 0 aromatic heterocycles. The largest absolute Gasteiger partial charge is 0.496 e. The van der Waals surface area contributed by atoms with Crippen LogP contribution in [0.3, 0.4) is 0 Å². The number of methoxy groups -OCH3 is 1. The number of hydrogen-bond acceptors (Lipinski definition) is 4.